The number of rotatable bonds is 8. The SMILES string of the molecule is CNC(=O)CN(CC1(c2ccncc2)CCCC1)C(=O)CCc1ccn(C)c1. The van der Waals surface area contributed by atoms with E-state index in [9.17, 15) is 9.59 Å². The van der Waals surface area contributed by atoms with E-state index < -0.39 is 0 Å². The standard InChI is InChI=1S/C22H30N4O2/c1-23-20(27)16-26(21(28)6-5-18-9-14-25(2)15-18)17-22(10-3-4-11-22)19-7-12-24-13-8-19/h7-9,12-15H,3-6,10-11,16-17H2,1-2H3,(H,23,27). The highest BCUT2D eigenvalue weighted by Gasteiger charge is 2.38. The minimum Gasteiger partial charge on any atom is -0.358 e. The maximum absolute atomic E-state index is 13.1. The second-order valence-corrected chi connectivity index (χ2v) is 7.83. The van der Waals surface area contributed by atoms with E-state index in [0.29, 0.717) is 19.4 Å². The number of hydrogen-bond acceptors (Lipinski definition) is 3. The van der Waals surface area contributed by atoms with E-state index in [2.05, 4.69) is 22.4 Å². The number of nitrogens with one attached hydrogen (secondary N) is 1. The molecule has 0 unspecified atom stereocenters. The molecule has 1 saturated carbocycles. The van der Waals surface area contributed by atoms with Crippen LogP contribution in [-0.4, -0.2) is 46.4 Å². The first kappa shape index (κ1) is 20.1. The van der Waals surface area contributed by atoms with E-state index >= 15 is 0 Å². The van der Waals surface area contributed by atoms with Crippen molar-refractivity contribution < 1.29 is 9.59 Å². The van der Waals surface area contributed by atoms with Gasteiger partial charge in [-0.25, -0.2) is 0 Å². The molecule has 28 heavy (non-hydrogen) atoms. The van der Waals surface area contributed by atoms with Crippen LogP contribution in [-0.2, 0) is 28.5 Å². The largest absolute Gasteiger partial charge is 0.358 e. The summed E-state index contributed by atoms with van der Waals surface area (Å²) < 4.78 is 1.99. The van der Waals surface area contributed by atoms with Crippen molar-refractivity contribution in [3.63, 3.8) is 0 Å². The summed E-state index contributed by atoms with van der Waals surface area (Å²) in [5.74, 6) is -0.0938. The number of carbonyl (C=O) groups is 2. The molecule has 1 fully saturated rings. The van der Waals surface area contributed by atoms with Crippen molar-refractivity contribution in [2.75, 3.05) is 20.1 Å². The molecule has 0 aliphatic heterocycles. The monoisotopic (exact) mass is 382 g/mol. The predicted molar refractivity (Wildman–Crippen MR) is 109 cm³/mol. The van der Waals surface area contributed by atoms with Crippen LogP contribution in [0.1, 0.15) is 43.2 Å². The number of aromatic nitrogens is 2. The van der Waals surface area contributed by atoms with Crippen LogP contribution < -0.4 is 5.32 Å². The summed E-state index contributed by atoms with van der Waals surface area (Å²) in [5.41, 5.74) is 2.28. The van der Waals surface area contributed by atoms with Crippen molar-refractivity contribution in [3.05, 3.63) is 54.1 Å². The molecule has 0 saturated heterocycles. The summed E-state index contributed by atoms with van der Waals surface area (Å²) in [7, 11) is 3.59. The Morgan fingerprint density at radius 3 is 2.54 bits per heavy atom. The Labute approximate surface area is 166 Å². The lowest BCUT2D eigenvalue weighted by Crippen LogP contribution is -2.46. The second kappa shape index (κ2) is 9.04. The number of carbonyl (C=O) groups excluding carboxylic acids is 2. The van der Waals surface area contributed by atoms with Gasteiger partial charge in [-0.3, -0.25) is 14.6 Å². The third-order valence-corrected chi connectivity index (χ3v) is 5.83. The molecule has 0 atom stereocenters. The van der Waals surface area contributed by atoms with Gasteiger partial charge in [0.2, 0.25) is 11.8 Å². The molecule has 6 heteroatoms. The number of hydrogen-bond donors (Lipinski definition) is 1. The molecule has 2 aromatic heterocycles. The van der Waals surface area contributed by atoms with Crippen LogP contribution in [0.2, 0.25) is 0 Å². The zero-order valence-corrected chi connectivity index (χ0v) is 16.9. The van der Waals surface area contributed by atoms with Crippen molar-refractivity contribution in [2.24, 2.45) is 7.05 Å². The molecule has 2 heterocycles. The van der Waals surface area contributed by atoms with Gasteiger partial charge < -0.3 is 14.8 Å². The van der Waals surface area contributed by atoms with Gasteiger partial charge in [-0.2, -0.15) is 0 Å². The van der Waals surface area contributed by atoms with E-state index in [1.54, 1.807) is 11.9 Å². The first-order valence-corrected chi connectivity index (χ1v) is 10.0. The average Bonchev–Trinajstić information content (AvgIpc) is 3.36. The van der Waals surface area contributed by atoms with E-state index in [1.807, 2.05) is 42.5 Å². The summed E-state index contributed by atoms with van der Waals surface area (Å²) >= 11 is 0. The zero-order chi connectivity index (χ0) is 20.0. The highest BCUT2D eigenvalue weighted by atomic mass is 16.2. The fourth-order valence-electron chi connectivity index (χ4n) is 4.26. The molecule has 3 rings (SSSR count). The predicted octanol–water partition coefficient (Wildman–Crippen LogP) is 2.44. The fourth-order valence-corrected chi connectivity index (χ4v) is 4.26. The van der Waals surface area contributed by atoms with Crippen LogP contribution in [0, 0.1) is 0 Å². The van der Waals surface area contributed by atoms with Gasteiger partial charge in [0.15, 0.2) is 0 Å². The van der Waals surface area contributed by atoms with Gasteiger partial charge in [-0.05, 0) is 48.6 Å². The molecular weight excluding hydrogens is 352 g/mol. The molecule has 2 amide bonds. The van der Waals surface area contributed by atoms with Crippen molar-refractivity contribution in [1.82, 2.24) is 19.8 Å². The topological polar surface area (TPSA) is 67.2 Å². The number of likely N-dealkylation sites (N-methyl/N-ethyl adjacent to an activating group) is 1. The normalized spacial score (nSPS) is 15.4. The van der Waals surface area contributed by atoms with Crippen molar-refractivity contribution in [3.8, 4) is 0 Å². The van der Waals surface area contributed by atoms with Gasteiger partial charge >= 0.3 is 0 Å². The van der Waals surface area contributed by atoms with Gasteiger partial charge in [-0.1, -0.05) is 12.8 Å². The van der Waals surface area contributed by atoms with Gasteiger partial charge in [0.05, 0.1) is 6.54 Å². The van der Waals surface area contributed by atoms with E-state index in [4.69, 9.17) is 0 Å². The second-order valence-electron chi connectivity index (χ2n) is 7.83. The third-order valence-electron chi connectivity index (χ3n) is 5.83. The Kier molecular flexibility index (Phi) is 6.49. The highest BCUT2D eigenvalue weighted by Crippen LogP contribution is 2.41. The first-order valence-electron chi connectivity index (χ1n) is 10.0. The Balaban J connectivity index is 1.76. The summed E-state index contributed by atoms with van der Waals surface area (Å²) in [5, 5.41) is 2.66. The van der Waals surface area contributed by atoms with Crippen molar-refractivity contribution in [2.45, 2.75) is 43.9 Å². The lowest BCUT2D eigenvalue weighted by Gasteiger charge is -2.35. The molecule has 0 bridgehead atoms. The van der Waals surface area contributed by atoms with E-state index in [0.717, 1.165) is 31.2 Å². The third kappa shape index (κ3) is 4.80. The first-order chi connectivity index (χ1) is 13.5. The van der Waals surface area contributed by atoms with Crippen LogP contribution in [0.15, 0.2) is 43.0 Å². The Hall–Kier alpha value is -2.63. The van der Waals surface area contributed by atoms with Gasteiger partial charge in [-0.15, -0.1) is 0 Å². The molecule has 150 valence electrons. The minimum atomic E-state index is -0.129. The summed E-state index contributed by atoms with van der Waals surface area (Å²) in [6.07, 6.45) is 13.1. The molecule has 0 radical (unpaired) electrons. The van der Waals surface area contributed by atoms with E-state index in [1.165, 1.54) is 5.56 Å². The average molecular weight is 383 g/mol. The summed E-state index contributed by atoms with van der Waals surface area (Å²) in [6, 6.07) is 6.14. The van der Waals surface area contributed by atoms with Gasteiger partial charge in [0.1, 0.15) is 0 Å². The quantitative estimate of drug-likeness (QED) is 0.763. The number of amides is 2. The Morgan fingerprint density at radius 2 is 1.93 bits per heavy atom. The number of nitrogens with zero attached hydrogens (tertiary/aromatic N) is 3. The summed E-state index contributed by atoms with van der Waals surface area (Å²) in [4.78, 5) is 31.1. The van der Waals surface area contributed by atoms with Crippen LogP contribution in [0.4, 0.5) is 0 Å². The molecule has 1 aliphatic rings. The molecule has 0 spiro atoms. The van der Waals surface area contributed by atoms with E-state index in [-0.39, 0.29) is 23.8 Å². The van der Waals surface area contributed by atoms with Crippen LogP contribution in [0.25, 0.3) is 0 Å². The zero-order valence-electron chi connectivity index (χ0n) is 16.9. The van der Waals surface area contributed by atoms with Crippen LogP contribution >= 0.6 is 0 Å². The van der Waals surface area contributed by atoms with Gasteiger partial charge in [0, 0.05) is 57.3 Å². The molecule has 6 nitrogen and oxygen atoms in total. The molecule has 1 aliphatic carbocycles. The smallest absolute Gasteiger partial charge is 0.239 e. The van der Waals surface area contributed by atoms with Crippen molar-refractivity contribution >= 4 is 11.8 Å². The van der Waals surface area contributed by atoms with Crippen molar-refractivity contribution in [1.29, 1.82) is 0 Å². The lowest BCUT2D eigenvalue weighted by atomic mass is 9.78. The molecule has 0 aromatic carbocycles. The highest BCUT2D eigenvalue weighted by molar-refractivity contribution is 5.84. The molecule has 2 aromatic rings. The van der Waals surface area contributed by atoms with Gasteiger partial charge in [0.25, 0.3) is 0 Å². The Bertz CT molecular complexity index is 794. The maximum atomic E-state index is 13.1. The number of pyridine rings is 1. The fraction of sp³-hybridized carbons (Fsp3) is 0.500. The Morgan fingerprint density at radius 1 is 1.21 bits per heavy atom. The van der Waals surface area contributed by atoms with Crippen LogP contribution in [0.3, 0.4) is 0 Å². The molecule has 1 N–H and O–H groups in total. The minimum absolute atomic E-state index is 0.0350. The number of aryl methyl sites for hydroxylation is 2. The molecular formula is C22H30N4O2. The maximum Gasteiger partial charge on any atom is 0.239 e. The summed E-state index contributed by atoms with van der Waals surface area (Å²) in [6.45, 7) is 0.689. The lowest BCUT2D eigenvalue weighted by molar-refractivity contribution is -0.136. The van der Waals surface area contributed by atoms with Crippen LogP contribution in [0.5, 0.6) is 0 Å².